The van der Waals surface area contributed by atoms with E-state index in [1.807, 2.05) is 32.2 Å². The van der Waals surface area contributed by atoms with Crippen LogP contribution in [0.5, 0.6) is 11.5 Å². The number of rotatable bonds is 8. The zero-order valence-electron chi connectivity index (χ0n) is 13.9. The van der Waals surface area contributed by atoms with Gasteiger partial charge in [0.15, 0.2) is 11.5 Å². The second-order valence-corrected chi connectivity index (χ2v) is 5.88. The molecule has 1 amide bonds. The molecule has 0 radical (unpaired) electrons. The number of hydrogen-bond acceptors (Lipinski definition) is 4. The molecule has 1 saturated carbocycles. The van der Waals surface area contributed by atoms with Crippen LogP contribution in [0.2, 0.25) is 0 Å². The van der Waals surface area contributed by atoms with Crippen LogP contribution in [-0.4, -0.2) is 50.7 Å². The molecule has 5 heteroatoms. The van der Waals surface area contributed by atoms with E-state index in [1.165, 1.54) is 5.56 Å². The number of carbonyl (C=O) groups is 1. The van der Waals surface area contributed by atoms with E-state index in [-0.39, 0.29) is 11.9 Å². The van der Waals surface area contributed by atoms with E-state index in [4.69, 9.17) is 9.47 Å². The molecule has 1 fully saturated rings. The number of likely N-dealkylation sites (N-methyl/N-ethyl adjacent to an activating group) is 1. The first-order valence-corrected chi connectivity index (χ1v) is 7.76. The van der Waals surface area contributed by atoms with Crippen molar-refractivity contribution in [1.29, 1.82) is 0 Å². The molecule has 5 nitrogen and oxygen atoms in total. The van der Waals surface area contributed by atoms with Gasteiger partial charge in [-0.15, -0.1) is 0 Å². The maximum Gasteiger partial charge on any atom is 0.237 e. The zero-order chi connectivity index (χ0) is 16.1. The lowest BCUT2D eigenvalue weighted by molar-refractivity contribution is -0.125. The average Bonchev–Trinajstić information content (AvgIpc) is 3.35. The van der Waals surface area contributed by atoms with E-state index in [9.17, 15) is 4.79 Å². The fourth-order valence-corrected chi connectivity index (χ4v) is 2.28. The molecule has 1 aromatic carbocycles. The summed E-state index contributed by atoms with van der Waals surface area (Å²) in [4.78, 5) is 14.1. The summed E-state index contributed by atoms with van der Waals surface area (Å²) in [6.07, 6.45) is 3.10. The van der Waals surface area contributed by atoms with E-state index in [2.05, 4.69) is 10.2 Å². The molecule has 2 rings (SSSR count). The normalized spacial score (nSPS) is 15.5. The third kappa shape index (κ3) is 4.37. The molecule has 1 atom stereocenters. The maximum absolute atomic E-state index is 12.0. The van der Waals surface area contributed by atoms with Crippen LogP contribution in [0.25, 0.3) is 0 Å². The summed E-state index contributed by atoms with van der Waals surface area (Å²) < 4.78 is 10.6. The minimum atomic E-state index is -0.110. The van der Waals surface area contributed by atoms with Gasteiger partial charge in [0.05, 0.1) is 20.3 Å². The Balaban J connectivity index is 1.86. The van der Waals surface area contributed by atoms with Crippen molar-refractivity contribution in [2.24, 2.45) is 0 Å². The van der Waals surface area contributed by atoms with Crippen molar-refractivity contribution in [2.75, 3.05) is 27.8 Å². The highest BCUT2D eigenvalue weighted by molar-refractivity contribution is 5.81. The molecule has 0 unspecified atom stereocenters. The number of methoxy groups -OCH3 is 2. The van der Waals surface area contributed by atoms with Gasteiger partial charge in [0.1, 0.15) is 0 Å². The lowest BCUT2D eigenvalue weighted by Crippen LogP contribution is -2.44. The summed E-state index contributed by atoms with van der Waals surface area (Å²) in [5, 5.41) is 3.05. The highest BCUT2D eigenvalue weighted by atomic mass is 16.5. The molecule has 1 aliphatic rings. The van der Waals surface area contributed by atoms with Gasteiger partial charge in [-0.3, -0.25) is 9.69 Å². The van der Waals surface area contributed by atoms with Crippen LogP contribution in [-0.2, 0) is 11.2 Å². The standard InChI is InChI=1S/C17H26N2O3/c1-12(17(20)18-14-6-7-14)19(2)10-9-13-5-8-15(21-3)16(11-13)22-4/h5,8,11-12,14H,6-7,9-10H2,1-4H3,(H,18,20)/t12-/m1/s1. The van der Waals surface area contributed by atoms with Gasteiger partial charge in [-0.05, 0) is 50.9 Å². The van der Waals surface area contributed by atoms with E-state index in [1.54, 1.807) is 14.2 Å². The molecule has 0 heterocycles. The van der Waals surface area contributed by atoms with Crippen LogP contribution in [0.4, 0.5) is 0 Å². The Labute approximate surface area is 132 Å². The molecule has 1 N–H and O–H groups in total. The Morgan fingerprint density at radius 2 is 2.00 bits per heavy atom. The van der Waals surface area contributed by atoms with Crippen LogP contribution in [0.1, 0.15) is 25.3 Å². The molecule has 0 aliphatic heterocycles. The molecule has 0 saturated heterocycles. The Bertz CT molecular complexity index is 515. The SMILES string of the molecule is COc1ccc(CCN(C)[C@H](C)C(=O)NC2CC2)cc1OC. The summed E-state index contributed by atoms with van der Waals surface area (Å²) in [6.45, 7) is 2.76. The number of benzene rings is 1. The van der Waals surface area contributed by atoms with Crippen LogP contribution in [0.15, 0.2) is 18.2 Å². The Hall–Kier alpha value is -1.75. The van der Waals surface area contributed by atoms with Gasteiger partial charge < -0.3 is 14.8 Å². The minimum absolute atomic E-state index is 0.110. The van der Waals surface area contributed by atoms with Gasteiger partial charge in [0.25, 0.3) is 0 Å². The molecule has 122 valence electrons. The van der Waals surface area contributed by atoms with Crippen molar-refractivity contribution in [3.8, 4) is 11.5 Å². The second-order valence-electron chi connectivity index (χ2n) is 5.88. The summed E-state index contributed by atoms with van der Waals surface area (Å²) in [6, 6.07) is 6.23. The zero-order valence-corrected chi connectivity index (χ0v) is 13.9. The Kier molecular flexibility index (Phi) is 5.66. The largest absolute Gasteiger partial charge is 0.493 e. The highest BCUT2D eigenvalue weighted by Gasteiger charge is 2.26. The van der Waals surface area contributed by atoms with Gasteiger partial charge in [-0.2, -0.15) is 0 Å². The van der Waals surface area contributed by atoms with Crippen molar-refractivity contribution in [2.45, 2.75) is 38.3 Å². The maximum atomic E-state index is 12.0. The van der Waals surface area contributed by atoms with E-state index in [0.29, 0.717) is 6.04 Å². The van der Waals surface area contributed by atoms with E-state index >= 15 is 0 Å². The molecule has 1 aromatic rings. The van der Waals surface area contributed by atoms with Crippen LogP contribution in [0.3, 0.4) is 0 Å². The molecule has 0 bridgehead atoms. The first-order valence-electron chi connectivity index (χ1n) is 7.76. The summed E-state index contributed by atoms with van der Waals surface area (Å²) in [5.74, 6) is 1.59. The average molecular weight is 306 g/mol. The van der Waals surface area contributed by atoms with Gasteiger partial charge in [0.2, 0.25) is 5.91 Å². The second kappa shape index (κ2) is 7.49. The van der Waals surface area contributed by atoms with Crippen molar-refractivity contribution in [3.05, 3.63) is 23.8 Å². The summed E-state index contributed by atoms with van der Waals surface area (Å²) >= 11 is 0. The smallest absolute Gasteiger partial charge is 0.237 e. The number of amides is 1. The number of nitrogens with one attached hydrogen (secondary N) is 1. The van der Waals surface area contributed by atoms with Gasteiger partial charge in [0, 0.05) is 12.6 Å². The fraction of sp³-hybridized carbons (Fsp3) is 0.588. The van der Waals surface area contributed by atoms with Crippen LogP contribution in [0, 0.1) is 0 Å². The Morgan fingerprint density at radius 3 is 2.59 bits per heavy atom. The molecule has 0 aromatic heterocycles. The fourth-order valence-electron chi connectivity index (χ4n) is 2.28. The van der Waals surface area contributed by atoms with Crippen molar-refractivity contribution >= 4 is 5.91 Å². The van der Waals surface area contributed by atoms with Gasteiger partial charge in [-0.1, -0.05) is 6.07 Å². The number of ether oxygens (including phenoxy) is 2. The van der Waals surface area contributed by atoms with Gasteiger partial charge in [-0.25, -0.2) is 0 Å². The predicted octanol–water partition coefficient (Wildman–Crippen LogP) is 1.85. The Morgan fingerprint density at radius 1 is 1.32 bits per heavy atom. The summed E-state index contributed by atoms with van der Waals surface area (Å²) in [5.41, 5.74) is 1.17. The number of nitrogens with zero attached hydrogens (tertiary/aromatic N) is 1. The van der Waals surface area contributed by atoms with Crippen molar-refractivity contribution < 1.29 is 14.3 Å². The number of hydrogen-bond donors (Lipinski definition) is 1. The van der Waals surface area contributed by atoms with E-state index in [0.717, 1.165) is 37.3 Å². The summed E-state index contributed by atoms with van der Waals surface area (Å²) in [7, 11) is 5.25. The number of carbonyl (C=O) groups excluding carboxylic acids is 1. The predicted molar refractivity (Wildman–Crippen MR) is 86.5 cm³/mol. The monoisotopic (exact) mass is 306 g/mol. The topological polar surface area (TPSA) is 50.8 Å². The molecule has 0 spiro atoms. The quantitative estimate of drug-likeness (QED) is 0.796. The van der Waals surface area contributed by atoms with Crippen LogP contribution < -0.4 is 14.8 Å². The van der Waals surface area contributed by atoms with Crippen LogP contribution >= 0.6 is 0 Å². The third-order valence-electron chi connectivity index (χ3n) is 4.17. The molecular formula is C17H26N2O3. The van der Waals surface area contributed by atoms with Gasteiger partial charge >= 0.3 is 0 Å². The third-order valence-corrected chi connectivity index (χ3v) is 4.17. The first kappa shape index (κ1) is 16.6. The van der Waals surface area contributed by atoms with Crippen molar-refractivity contribution in [3.63, 3.8) is 0 Å². The molecular weight excluding hydrogens is 280 g/mol. The first-order chi connectivity index (χ1) is 10.5. The minimum Gasteiger partial charge on any atom is -0.493 e. The lowest BCUT2D eigenvalue weighted by atomic mass is 10.1. The molecule has 1 aliphatic carbocycles. The van der Waals surface area contributed by atoms with Crippen molar-refractivity contribution in [1.82, 2.24) is 10.2 Å². The highest BCUT2D eigenvalue weighted by Crippen LogP contribution is 2.27. The molecule has 22 heavy (non-hydrogen) atoms. The van der Waals surface area contributed by atoms with E-state index < -0.39 is 0 Å². The lowest BCUT2D eigenvalue weighted by Gasteiger charge is -2.24.